The van der Waals surface area contributed by atoms with Gasteiger partial charge in [-0.1, -0.05) is 136 Å². The molecule has 0 saturated heterocycles. The minimum absolute atomic E-state index is 1.23. The highest BCUT2D eigenvalue weighted by Gasteiger charge is 1.95. The van der Waals surface area contributed by atoms with Gasteiger partial charge in [-0.25, -0.2) is 0 Å². The van der Waals surface area contributed by atoms with Crippen LogP contribution in [0.4, 0.5) is 0 Å². The molecule has 158 valence electrons. The van der Waals surface area contributed by atoms with Crippen LogP contribution in [0.25, 0.3) is 0 Å². The molecule has 0 aromatic heterocycles. The van der Waals surface area contributed by atoms with Crippen molar-refractivity contribution in [2.24, 2.45) is 0 Å². The van der Waals surface area contributed by atoms with Gasteiger partial charge in [-0.05, 0) is 25.9 Å². The van der Waals surface area contributed by atoms with E-state index in [4.69, 9.17) is 0 Å². The monoisotopic (exact) mass is 367 g/mol. The van der Waals surface area contributed by atoms with Crippen LogP contribution in [0.3, 0.4) is 0 Å². The Morgan fingerprint density at radius 1 is 0.308 bits per heavy atom. The Kier molecular flexibility index (Phi) is 24.9. The van der Waals surface area contributed by atoms with Crippen LogP contribution in [0.2, 0.25) is 0 Å². The van der Waals surface area contributed by atoms with Crippen LogP contribution >= 0.6 is 0 Å². The molecule has 0 aliphatic rings. The lowest BCUT2D eigenvalue weighted by atomic mass is 10.0. The van der Waals surface area contributed by atoms with E-state index in [2.05, 4.69) is 19.2 Å². The minimum Gasteiger partial charge on any atom is -0.317 e. The normalized spacial score (nSPS) is 11.3. The predicted octanol–water partition coefficient (Wildman–Crippen LogP) is 8.81. The summed E-state index contributed by atoms with van der Waals surface area (Å²) in [7, 11) is 0. The molecule has 0 rings (SSSR count). The summed E-state index contributed by atoms with van der Waals surface area (Å²) >= 11 is 0. The van der Waals surface area contributed by atoms with E-state index in [0.29, 0.717) is 0 Å². The van der Waals surface area contributed by atoms with Gasteiger partial charge in [0.15, 0.2) is 0 Å². The fourth-order valence-corrected chi connectivity index (χ4v) is 3.78. The van der Waals surface area contributed by atoms with Gasteiger partial charge < -0.3 is 5.32 Å². The van der Waals surface area contributed by atoms with E-state index in [9.17, 15) is 0 Å². The average molecular weight is 368 g/mol. The van der Waals surface area contributed by atoms with Crippen LogP contribution in [0.1, 0.15) is 149 Å². The molecule has 0 unspecified atom stereocenters. The molecule has 0 aromatic rings. The van der Waals surface area contributed by atoms with Crippen molar-refractivity contribution in [3.8, 4) is 0 Å². The molecule has 0 aliphatic heterocycles. The van der Waals surface area contributed by atoms with Crippen LogP contribution in [-0.4, -0.2) is 13.1 Å². The minimum atomic E-state index is 1.23. The molecule has 0 amide bonds. The smallest absolute Gasteiger partial charge is 0.00489 e. The summed E-state index contributed by atoms with van der Waals surface area (Å²) in [5.41, 5.74) is 0. The Hall–Kier alpha value is -0.0400. The maximum Gasteiger partial charge on any atom is -0.00489 e. The second-order valence-electron chi connectivity index (χ2n) is 8.47. The molecule has 1 N–H and O–H groups in total. The zero-order chi connectivity index (χ0) is 19.0. The molecule has 0 atom stereocenters. The van der Waals surface area contributed by atoms with Gasteiger partial charge in [-0.2, -0.15) is 0 Å². The summed E-state index contributed by atoms with van der Waals surface area (Å²) < 4.78 is 0. The third-order valence-corrected chi connectivity index (χ3v) is 5.66. The molecule has 0 bridgehead atoms. The van der Waals surface area contributed by atoms with Gasteiger partial charge in [0.1, 0.15) is 0 Å². The van der Waals surface area contributed by atoms with Gasteiger partial charge in [0.25, 0.3) is 0 Å². The number of rotatable bonds is 23. The third kappa shape index (κ3) is 24.0. The fraction of sp³-hybridized carbons (Fsp3) is 1.00. The van der Waals surface area contributed by atoms with Crippen molar-refractivity contribution >= 4 is 0 Å². The van der Waals surface area contributed by atoms with E-state index in [1.165, 1.54) is 148 Å². The third-order valence-electron chi connectivity index (χ3n) is 5.66. The van der Waals surface area contributed by atoms with E-state index in [0.717, 1.165) is 0 Å². The van der Waals surface area contributed by atoms with E-state index in [-0.39, 0.29) is 0 Å². The van der Waals surface area contributed by atoms with Crippen LogP contribution in [0, 0.1) is 0 Å². The zero-order valence-electron chi connectivity index (χ0n) is 18.8. The zero-order valence-corrected chi connectivity index (χ0v) is 18.8. The molecule has 0 heterocycles. The molecular formula is C25H53N. The summed E-state index contributed by atoms with van der Waals surface area (Å²) in [5, 5.41) is 3.60. The van der Waals surface area contributed by atoms with Gasteiger partial charge >= 0.3 is 0 Å². The van der Waals surface area contributed by atoms with Crippen molar-refractivity contribution in [1.82, 2.24) is 5.32 Å². The molecular weight excluding hydrogens is 314 g/mol. The standard InChI is InChI=1S/C25H53N/c1-3-5-7-9-10-11-12-13-14-15-16-17-18-19-20-21-23-25-26-24-22-8-6-4-2/h26H,3-25H2,1-2H3. The first-order valence-corrected chi connectivity index (χ1v) is 12.6. The Labute approximate surface area is 167 Å². The van der Waals surface area contributed by atoms with Gasteiger partial charge in [0.05, 0.1) is 0 Å². The largest absolute Gasteiger partial charge is 0.317 e. The SMILES string of the molecule is CCCCCCCCCCCCCCCCCCCNCCCCCC. The van der Waals surface area contributed by atoms with Crippen molar-refractivity contribution in [3.05, 3.63) is 0 Å². The molecule has 0 fully saturated rings. The second kappa shape index (κ2) is 25.0. The van der Waals surface area contributed by atoms with Gasteiger partial charge in [-0.15, -0.1) is 0 Å². The summed E-state index contributed by atoms with van der Waals surface area (Å²) in [4.78, 5) is 0. The summed E-state index contributed by atoms with van der Waals surface area (Å²) in [5.74, 6) is 0. The van der Waals surface area contributed by atoms with Crippen molar-refractivity contribution < 1.29 is 0 Å². The van der Waals surface area contributed by atoms with Crippen molar-refractivity contribution in [2.45, 2.75) is 149 Å². The van der Waals surface area contributed by atoms with E-state index in [1.807, 2.05) is 0 Å². The second-order valence-corrected chi connectivity index (χ2v) is 8.47. The number of hydrogen-bond acceptors (Lipinski definition) is 1. The molecule has 1 heteroatoms. The molecule has 0 saturated carbocycles. The van der Waals surface area contributed by atoms with Crippen LogP contribution in [-0.2, 0) is 0 Å². The first kappa shape index (κ1) is 26.0. The molecule has 0 aromatic carbocycles. The van der Waals surface area contributed by atoms with Gasteiger partial charge in [-0.3, -0.25) is 0 Å². The average Bonchev–Trinajstić information content (AvgIpc) is 2.66. The Morgan fingerprint density at radius 2 is 0.538 bits per heavy atom. The van der Waals surface area contributed by atoms with Crippen LogP contribution in [0.15, 0.2) is 0 Å². The van der Waals surface area contributed by atoms with Crippen LogP contribution < -0.4 is 5.32 Å². The van der Waals surface area contributed by atoms with Crippen molar-refractivity contribution in [1.29, 1.82) is 0 Å². The molecule has 0 aliphatic carbocycles. The van der Waals surface area contributed by atoms with Crippen LogP contribution in [0.5, 0.6) is 0 Å². The summed E-state index contributed by atoms with van der Waals surface area (Å²) in [6.07, 6.45) is 30.3. The summed E-state index contributed by atoms with van der Waals surface area (Å²) in [6, 6.07) is 0. The molecule has 1 nitrogen and oxygen atoms in total. The number of nitrogens with one attached hydrogen (secondary N) is 1. The molecule has 0 radical (unpaired) electrons. The quantitative estimate of drug-likeness (QED) is 0.178. The van der Waals surface area contributed by atoms with Gasteiger partial charge in [0, 0.05) is 0 Å². The highest BCUT2D eigenvalue weighted by atomic mass is 14.8. The summed E-state index contributed by atoms with van der Waals surface area (Å²) in [6.45, 7) is 7.06. The highest BCUT2D eigenvalue weighted by Crippen LogP contribution is 2.13. The predicted molar refractivity (Wildman–Crippen MR) is 121 cm³/mol. The lowest BCUT2D eigenvalue weighted by Crippen LogP contribution is -2.16. The lowest BCUT2D eigenvalue weighted by molar-refractivity contribution is 0.521. The molecule has 0 spiro atoms. The Balaban J connectivity index is 2.95. The Morgan fingerprint density at radius 3 is 0.846 bits per heavy atom. The molecule has 26 heavy (non-hydrogen) atoms. The fourth-order valence-electron chi connectivity index (χ4n) is 3.78. The Bertz CT molecular complexity index is 202. The lowest BCUT2D eigenvalue weighted by Gasteiger charge is -2.05. The topological polar surface area (TPSA) is 12.0 Å². The van der Waals surface area contributed by atoms with Crippen molar-refractivity contribution in [2.75, 3.05) is 13.1 Å². The van der Waals surface area contributed by atoms with E-state index in [1.54, 1.807) is 0 Å². The van der Waals surface area contributed by atoms with E-state index >= 15 is 0 Å². The highest BCUT2D eigenvalue weighted by molar-refractivity contribution is 4.52. The van der Waals surface area contributed by atoms with Crippen molar-refractivity contribution in [3.63, 3.8) is 0 Å². The first-order chi connectivity index (χ1) is 12.9. The number of hydrogen-bond donors (Lipinski definition) is 1. The van der Waals surface area contributed by atoms with E-state index < -0.39 is 0 Å². The number of unbranched alkanes of at least 4 members (excludes halogenated alkanes) is 19. The van der Waals surface area contributed by atoms with Gasteiger partial charge in [0.2, 0.25) is 0 Å². The first-order valence-electron chi connectivity index (χ1n) is 12.6. The maximum absolute atomic E-state index is 3.60. The maximum atomic E-state index is 3.60.